The van der Waals surface area contributed by atoms with Gasteiger partial charge in [-0.25, -0.2) is 9.78 Å². The van der Waals surface area contributed by atoms with Crippen molar-refractivity contribution in [3.63, 3.8) is 0 Å². The molecular weight excluding hydrogens is 338 g/mol. The number of hydrogen-bond donors (Lipinski definition) is 2. The molecule has 136 valence electrons. The van der Waals surface area contributed by atoms with Gasteiger partial charge in [0, 0.05) is 23.7 Å². The first-order valence-corrected chi connectivity index (χ1v) is 8.07. The third-order valence-corrected chi connectivity index (χ3v) is 3.80. The van der Waals surface area contributed by atoms with Crippen molar-refractivity contribution in [2.75, 3.05) is 20.3 Å². The molecule has 1 atom stereocenters. The third-order valence-electron chi connectivity index (χ3n) is 3.80. The van der Waals surface area contributed by atoms with Crippen molar-refractivity contribution in [1.82, 2.24) is 10.3 Å². The number of aromatic nitrogens is 1. The van der Waals surface area contributed by atoms with E-state index in [0.717, 1.165) is 11.1 Å². The second-order valence-corrected chi connectivity index (χ2v) is 5.62. The van der Waals surface area contributed by atoms with E-state index in [9.17, 15) is 4.79 Å². The first-order valence-electron chi connectivity index (χ1n) is 8.07. The average molecular weight is 357 g/mol. The van der Waals surface area contributed by atoms with Crippen LogP contribution in [0, 0.1) is 0 Å². The van der Waals surface area contributed by atoms with E-state index in [-0.39, 0.29) is 12.6 Å². The minimum absolute atomic E-state index is 0.148. The Kier molecular flexibility index (Phi) is 5.52. The number of nitrogens with zero attached hydrogens (tertiary/aromatic N) is 2. The highest BCUT2D eigenvalue weighted by Gasteiger charge is 2.22. The highest BCUT2D eigenvalue weighted by atomic mass is 16.7. The van der Waals surface area contributed by atoms with Crippen LogP contribution in [0.1, 0.15) is 6.42 Å². The van der Waals surface area contributed by atoms with Crippen LogP contribution in [0.25, 0.3) is 11.1 Å². The van der Waals surface area contributed by atoms with Crippen molar-refractivity contribution in [2.45, 2.75) is 12.5 Å². The molecule has 26 heavy (non-hydrogen) atoms. The number of carboxylic acid groups (broad SMARTS) is 1. The standard InChI is InChI=1S/C18H19N3O5/c1-24-17-15(6-4-8-19-17)14-5-2-3-7-16(14)25-11-13-9-12(21-26-13)10-20-18(22)23/h2-8,13,20H,9-11H2,1H3,(H,22,23). The van der Waals surface area contributed by atoms with E-state index in [1.54, 1.807) is 13.3 Å². The van der Waals surface area contributed by atoms with E-state index >= 15 is 0 Å². The van der Waals surface area contributed by atoms with E-state index in [0.29, 0.717) is 30.4 Å². The van der Waals surface area contributed by atoms with Crippen molar-refractivity contribution >= 4 is 11.8 Å². The van der Waals surface area contributed by atoms with E-state index in [1.807, 2.05) is 36.4 Å². The van der Waals surface area contributed by atoms with Gasteiger partial charge >= 0.3 is 6.09 Å². The van der Waals surface area contributed by atoms with Crippen molar-refractivity contribution in [3.05, 3.63) is 42.6 Å². The van der Waals surface area contributed by atoms with Gasteiger partial charge < -0.3 is 24.7 Å². The van der Waals surface area contributed by atoms with Crippen LogP contribution in [0.2, 0.25) is 0 Å². The monoisotopic (exact) mass is 357 g/mol. The minimum Gasteiger partial charge on any atom is -0.489 e. The summed E-state index contributed by atoms with van der Waals surface area (Å²) in [7, 11) is 1.58. The molecule has 0 fully saturated rings. The quantitative estimate of drug-likeness (QED) is 0.789. The number of methoxy groups -OCH3 is 1. The smallest absolute Gasteiger partial charge is 0.404 e. The predicted molar refractivity (Wildman–Crippen MR) is 94.7 cm³/mol. The summed E-state index contributed by atoms with van der Waals surface area (Å²) in [4.78, 5) is 20.1. The summed E-state index contributed by atoms with van der Waals surface area (Å²) in [6.07, 6.45) is 0.831. The van der Waals surface area contributed by atoms with Crippen LogP contribution < -0.4 is 14.8 Å². The van der Waals surface area contributed by atoms with E-state index < -0.39 is 6.09 Å². The molecule has 2 aromatic rings. The zero-order valence-corrected chi connectivity index (χ0v) is 14.2. The van der Waals surface area contributed by atoms with Gasteiger partial charge in [0.1, 0.15) is 12.4 Å². The van der Waals surface area contributed by atoms with Crippen molar-refractivity contribution in [2.24, 2.45) is 5.16 Å². The summed E-state index contributed by atoms with van der Waals surface area (Å²) in [5.74, 6) is 1.20. The number of benzene rings is 1. The lowest BCUT2D eigenvalue weighted by molar-refractivity contribution is 0.0472. The molecule has 1 aromatic carbocycles. The Morgan fingerprint density at radius 2 is 2.12 bits per heavy atom. The highest BCUT2D eigenvalue weighted by molar-refractivity contribution is 5.89. The lowest BCUT2D eigenvalue weighted by Gasteiger charge is -2.15. The fourth-order valence-electron chi connectivity index (χ4n) is 2.61. The number of hydrogen-bond acceptors (Lipinski definition) is 6. The Hall–Kier alpha value is -3.29. The summed E-state index contributed by atoms with van der Waals surface area (Å²) in [6, 6.07) is 11.4. The molecule has 3 rings (SSSR count). The number of pyridine rings is 1. The van der Waals surface area contributed by atoms with Gasteiger partial charge in [-0.3, -0.25) is 0 Å². The molecule has 8 nitrogen and oxygen atoms in total. The van der Waals surface area contributed by atoms with E-state index in [4.69, 9.17) is 19.4 Å². The molecule has 1 aliphatic rings. The average Bonchev–Trinajstić information content (AvgIpc) is 3.13. The maximum atomic E-state index is 10.5. The molecule has 1 unspecified atom stereocenters. The van der Waals surface area contributed by atoms with Crippen LogP contribution in [0.3, 0.4) is 0 Å². The predicted octanol–water partition coefficient (Wildman–Crippen LogP) is 2.55. The molecule has 8 heteroatoms. The largest absolute Gasteiger partial charge is 0.489 e. The molecule has 2 heterocycles. The molecule has 0 bridgehead atoms. The first-order chi connectivity index (χ1) is 12.7. The second-order valence-electron chi connectivity index (χ2n) is 5.62. The molecule has 1 aromatic heterocycles. The molecule has 2 N–H and O–H groups in total. The molecule has 1 aliphatic heterocycles. The lowest BCUT2D eigenvalue weighted by Crippen LogP contribution is -2.28. The van der Waals surface area contributed by atoms with Gasteiger partial charge in [0.05, 0.1) is 19.4 Å². The van der Waals surface area contributed by atoms with Crippen LogP contribution in [0.15, 0.2) is 47.8 Å². The van der Waals surface area contributed by atoms with Crippen LogP contribution in [0.5, 0.6) is 11.6 Å². The molecular formula is C18H19N3O5. The summed E-state index contributed by atoms with van der Waals surface area (Å²) >= 11 is 0. The zero-order chi connectivity index (χ0) is 18.4. The third kappa shape index (κ3) is 4.21. The van der Waals surface area contributed by atoms with Crippen molar-refractivity contribution < 1.29 is 24.2 Å². The van der Waals surface area contributed by atoms with Crippen LogP contribution in [-0.2, 0) is 4.84 Å². The Balaban J connectivity index is 1.64. The SMILES string of the molecule is COc1ncccc1-c1ccccc1OCC1CC(CNC(=O)O)=NO1. The number of carbonyl (C=O) groups is 1. The molecule has 1 amide bonds. The van der Waals surface area contributed by atoms with Crippen LogP contribution in [0.4, 0.5) is 4.79 Å². The Labute approximate surface area is 150 Å². The molecule has 0 saturated carbocycles. The number of para-hydroxylation sites is 1. The van der Waals surface area contributed by atoms with E-state index in [1.165, 1.54) is 0 Å². The zero-order valence-electron chi connectivity index (χ0n) is 14.2. The topological polar surface area (TPSA) is 102 Å². The summed E-state index contributed by atoms with van der Waals surface area (Å²) in [6.45, 7) is 0.439. The van der Waals surface area contributed by atoms with Gasteiger partial charge in [0.2, 0.25) is 5.88 Å². The van der Waals surface area contributed by atoms with Gasteiger partial charge in [-0.15, -0.1) is 0 Å². The van der Waals surface area contributed by atoms with Gasteiger partial charge in [0.15, 0.2) is 6.10 Å². The van der Waals surface area contributed by atoms with Gasteiger partial charge in [0.25, 0.3) is 0 Å². The normalized spacial score (nSPS) is 15.7. The number of oxime groups is 1. The summed E-state index contributed by atoms with van der Waals surface area (Å²) in [5, 5.41) is 14.8. The Morgan fingerprint density at radius 3 is 2.92 bits per heavy atom. The van der Waals surface area contributed by atoms with Crippen LogP contribution in [-0.4, -0.2) is 48.3 Å². The summed E-state index contributed by atoms with van der Waals surface area (Å²) in [5.41, 5.74) is 2.34. The second kappa shape index (κ2) is 8.19. The number of rotatable bonds is 7. The number of amides is 1. The van der Waals surface area contributed by atoms with Crippen LogP contribution >= 0.6 is 0 Å². The number of ether oxygens (including phenoxy) is 2. The minimum atomic E-state index is -1.09. The molecule has 0 radical (unpaired) electrons. The first kappa shape index (κ1) is 17.5. The van der Waals surface area contributed by atoms with Crippen molar-refractivity contribution in [3.8, 4) is 22.8 Å². The van der Waals surface area contributed by atoms with Gasteiger partial charge in [-0.05, 0) is 18.2 Å². The Bertz CT molecular complexity index is 809. The van der Waals surface area contributed by atoms with Gasteiger partial charge in [-0.1, -0.05) is 23.4 Å². The molecule has 0 saturated heterocycles. The maximum absolute atomic E-state index is 10.5. The fraction of sp³-hybridized carbons (Fsp3) is 0.278. The maximum Gasteiger partial charge on any atom is 0.404 e. The highest BCUT2D eigenvalue weighted by Crippen LogP contribution is 2.35. The van der Waals surface area contributed by atoms with Crippen molar-refractivity contribution in [1.29, 1.82) is 0 Å². The number of nitrogens with one attached hydrogen (secondary N) is 1. The molecule has 0 aliphatic carbocycles. The molecule has 0 spiro atoms. The Morgan fingerprint density at radius 1 is 1.31 bits per heavy atom. The summed E-state index contributed by atoms with van der Waals surface area (Å²) < 4.78 is 11.3. The van der Waals surface area contributed by atoms with E-state index in [2.05, 4.69) is 15.5 Å². The lowest BCUT2D eigenvalue weighted by atomic mass is 10.1. The fourth-order valence-corrected chi connectivity index (χ4v) is 2.61. The van der Waals surface area contributed by atoms with Gasteiger partial charge in [-0.2, -0.15) is 0 Å².